The molecule has 0 spiro atoms. The van der Waals surface area contributed by atoms with Gasteiger partial charge in [0.15, 0.2) is 5.82 Å². The topological polar surface area (TPSA) is 46.9 Å². The van der Waals surface area contributed by atoms with Gasteiger partial charge in [0, 0.05) is 23.9 Å². The summed E-state index contributed by atoms with van der Waals surface area (Å²) in [6.45, 7) is 0.272. The maximum atomic E-state index is 13.6. The number of nitrogens with zero attached hydrogens (tertiary/aromatic N) is 2. The van der Waals surface area contributed by atoms with Gasteiger partial charge in [-0.15, -0.1) is 0 Å². The minimum absolute atomic E-state index is 0.272. The van der Waals surface area contributed by atoms with Gasteiger partial charge in [0.25, 0.3) is 0 Å². The van der Waals surface area contributed by atoms with Gasteiger partial charge in [0.1, 0.15) is 11.6 Å². The number of hydrogen-bond donors (Lipinski definition) is 1. The Morgan fingerprint density at radius 3 is 2.60 bits per heavy atom. The van der Waals surface area contributed by atoms with Gasteiger partial charge in [0.05, 0.1) is 6.54 Å². The molecule has 0 radical (unpaired) electrons. The van der Waals surface area contributed by atoms with Crippen molar-refractivity contribution in [3.8, 4) is 0 Å². The van der Waals surface area contributed by atoms with Crippen LogP contribution in [0.2, 0.25) is 0 Å². The SMILES string of the molecule is O=C(/C=C/c1ccc(F)cc1)Nc1ccn(Cc2ccccc2F)n1. The first-order chi connectivity index (χ1) is 12.1. The number of amides is 1. The molecule has 25 heavy (non-hydrogen) atoms. The van der Waals surface area contributed by atoms with Gasteiger partial charge in [0.2, 0.25) is 5.91 Å². The Morgan fingerprint density at radius 2 is 1.84 bits per heavy atom. The number of anilines is 1. The van der Waals surface area contributed by atoms with E-state index in [1.54, 1.807) is 48.7 Å². The minimum Gasteiger partial charge on any atom is -0.306 e. The number of carbonyl (C=O) groups is 1. The Balaban J connectivity index is 1.60. The van der Waals surface area contributed by atoms with E-state index in [1.807, 2.05) is 0 Å². The van der Waals surface area contributed by atoms with Crippen molar-refractivity contribution in [3.05, 3.63) is 89.6 Å². The van der Waals surface area contributed by atoms with Crippen LogP contribution in [0.25, 0.3) is 6.08 Å². The standard InChI is InChI=1S/C19H15F2N3O/c20-16-8-5-14(6-9-16)7-10-19(25)22-18-11-12-24(23-18)13-15-3-1-2-4-17(15)21/h1-12H,13H2,(H,22,23,25)/b10-7+. The molecule has 4 nitrogen and oxygen atoms in total. The minimum atomic E-state index is -0.361. The van der Waals surface area contributed by atoms with Crippen LogP contribution in [0.15, 0.2) is 66.9 Å². The molecule has 0 atom stereocenters. The van der Waals surface area contributed by atoms with E-state index in [2.05, 4.69) is 10.4 Å². The summed E-state index contributed by atoms with van der Waals surface area (Å²) in [5.74, 6) is -0.627. The molecule has 2 aromatic carbocycles. The maximum absolute atomic E-state index is 13.6. The fraction of sp³-hybridized carbons (Fsp3) is 0.0526. The highest BCUT2D eigenvalue weighted by atomic mass is 19.1. The van der Waals surface area contributed by atoms with Crippen molar-refractivity contribution in [1.29, 1.82) is 0 Å². The Morgan fingerprint density at radius 1 is 1.08 bits per heavy atom. The zero-order chi connectivity index (χ0) is 17.6. The molecule has 0 aliphatic rings. The third kappa shape index (κ3) is 4.60. The molecule has 0 unspecified atom stereocenters. The lowest BCUT2D eigenvalue weighted by Gasteiger charge is -2.03. The van der Waals surface area contributed by atoms with E-state index in [0.717, 1.165) is 0 Å². The number of hydrogen-bond acceptors (Lipinski definition) is 2. The number of carbonyl (C=O) groups excluding carboxylic acids is 1. The quantitative estimate of drug-likeness (QED) is 0.718. The normalized spacial score (nSPS) is 11.0. The first-order valence-electron chi connectivity index (χ1n) is 7.62. The number of halogens is 2. The Bertz CT molecular complexity index is 901. The highest BCUT2D eigenvalue weighted by Crippen LogP contribution is 2.10. The molecule has 3 aromatic rings. The van der Waals surface area contributed by atoms with Crippen LogP contribution in [0, 0.1) is 11.6 Å². The van der Waals surface area contributed by atoms with E-state index >= 15 is 0 Å². The molecule has 1 aromatic heterocycles. The van der Waals surface area contributed by atoms with E-state index in [-0.39, 0.29) is 24.1 Å². The Labute approximate surface area is 143 Å². The molecule has 6 heteroatoms. The van der Waals surface area contributed by atoms with Crippen LogP contribution in [0.5, 0.6) is 0 Å². The van der Waals surface area contributed by atoms with Crippen molar-refractivity contribution in [3.63, 3.8) is 0 Å². The first-order valence-corrected chi connectivity index (χ1v) is 7.62. The summed E-state index contributed by atoms with van der Waals surface area (Å²) in [5.41, 5.74) is 1.22. The van der Waals surface area contributed by atoms with E-state index in [4.69, 9.17) is 0 Å². The summed E-state index contributed by atoms with van der Waals surface area (Å²) >= 11 is 0. The monoisotopic (exact) mass is 339 g/mol. The largest absolute Gasteiger partial charge is 0.306 e. The maximum Gasteiger partial charge on any atom is 0.249 e. The van der Waals surface area contributed by atoms with E-state index in [1.165, 1.54) is 29.0 Å². The van der Waals surface area contributed by atoms with E-state index < -0.39 is 0 Å². The molecule has 0 saturated carbocycles. The predicted octanol–water partition coefficient (Wildman–Crippen LogP) is 3.86. The zero-order valence-electron chi connectivity index (χ0n) is 13.2. The van der Waals surface area contributed by atoms with Gasteiger partial charge >= 0.3 is 0 Å². The van der Waals surface area contributed by atoms with Crippen LogP contribution in [0.3, 0.4) is 0 Å². The molecule has 1 amide bonds. The second-order valence-electron chi connectivity index (χ2n) is 5.36. The molecule has 0 bridgehead atoms. The molecule has 0 saturated heterocycles. The smallest absolute Gasteiger partial charge is 0.249 e. The van der Waals surface area contributed by atoms with Gasteiger partial charge in [-0.05, 0) is 29.8 Å². The number of aromatic nitrogens is 2. The Kier molecular flexibility index (Phi) is 4.99. The van der Waals surface area contributed by atoms with Crippen molar-refractivity contribution < 1.29 is 13.6 Å². The molecule has 1 N–H and O–H groups in total. The third-order valence-electron chi connectivity index (χ3n) is 3.48. The molecule has 3 rings (SSSR count). The van der Waals surface area contributed by atoms with Crippen LogP contribution in [0.1, 0.15) is 11.1 Å². The second-order valence-corrected chi connectivity index (χ2v) is 5.36. The molecular formula is C19H15F2N3O. The fourth-order valence-corrected chi connectivity index (χ4v) is 2.23. The number of benzene rings is 2. The van der Waals surface area contributed by atoms with E-state index in [9.17, 15) is 13.6 Å². The van der Waals surface area contributed by atoms with Crippen molar-refractivity contribution in [2.45, 2.75) is 6.54 Å². The van der Waals surface area contributed by atoms with Crippen molar-refractivity contribution in [2.24, 2.45) is 0 Å². The lowest BCUT2D eigenvalue weighted by Crippen LogP contribution is -2.09. The summed E-state index contributed by atoms with van der Waals surface area (Å²) in [6, 6.07) is 13.9. The van der Waals surface area contributed by atoms with Crippen LogP contribution in [-0.4, -0.2) is 15.7 Å². The highest BCUT2D eigenvalue weighted by Gasteiger charge is 2.05. The summed E-state index contributed by atoms with van der Waals surface area (Å²) in [7, 11) is 0. The number of rotatable bonds is 5. The molecule has 0 fully saturated rings. The van der Waals surface area contributed by atoms with Crippen LogP contribution in [-0.2, 0) is 11.3 Å². The number of nitrogens with one attached hydrogen (secondary N) is 1. The molecule has 1 heterocycles. The fourth-order valence-electron chi connectivity index (χ4n) is 2.23. The molecule has 0 aliphatic carbocycles. The van der Waals surface area contributed by atoms with Gasteiger partial charge in [-0.2, -0.15) is 5.10 Å². The van der Waals surface area contributed by atoms with Crippen LogP contribution >= 0.6 is 0 Å². The molecular weight excluding hydrogens is 324 g/mol. The third-order valence-corrected chi connectivity index (χ3v) is 3.48. The molecule has 126 valence electrons. The van der Waals surface area contributed by atoms with Gasteiger partial charge < -0.3 is 5.32 Å². The van der Waals surface area contributed by atoms with Gasteiger partial charge in [-0.3, -0.25) is 9.48 Å². The van der Waals surface area contributed by atoms with Crippen molar-refractivity contribution in [2.75, 3.05) is 5.32 Å². The molecule has 0 aliphatic heterocycles. The average Bonchev–Trinajstić information content (AvgIpc) is 3.03. The van der Waals surface area contributed by atoms with Crippen molar-refractivity contribution in [1.82, 2.24) is 9.78 Å². The highest BCUT2D eigenvalue weighted by molar-refractivity contribution is 6.01. The predicted molar refractivity (Wildman–Crippen MR) is 91.8 cm³/mol. The second kappa shape index (κ2) is 7.53. The lowest BCUT2D eigenvalue weighted by molar-refractivity contribution is -0.111. The van der Waals surface area contributed by atoms with Crippen LogP contribution in [0.4, 0.5) is 14.6 Å². The van der Waals surface area contributed by atoms with Crippen LogP contribution < -0.4 is 5.32 Å². The summed E-state index contributed by atoms with van der Waals surface area (Å²) in [4.78, 5) is 11.9. The first kappa shape index (κ1) is 16.6. The summed E-state index contributed by atoms with van der Waals surface area (Å²) in [5, 5.41) is 6.81. The average molecular weight is 339 g/mol. The van der Waals surface area contributed by atoms with Crippen molar-refractivity contribution >= 4 is 17.8 Å². The lowest BCUT2D eigenvalue weighted by atomic mass is 10.2. The Hall–Kier alpha value is -3.28. The summed E-state index contributed by atoms with van der Waals surface area (Å²) < 4.78 is 28.0. The van der Waals surface area contributed by atoms with Gasteiger partial charge in [-0.25, -0.2) is 8.78 Å². The van der Waals surface area contributed by atoms with Gasteiger partial charge in [-0.1, -0.05) is 30.3 Å². The summed E-state index contributed by atoms with van der Waals surface area (Å²) in [6.07, 6.45) is 4.57. The zero-order valence-corrected chi connectivity index (χ0v) is 13.2. The van der Waals surface area contributed by atoms with E-state index in [0.29, 0.717) is 16.9 Å².